The van der Waals surface area contributed by atoms with Gasteiger partial charge in [0.15, 0.2) is 0 Å². The van der Waals surface area contributed by atoms with Crippen molar-refractivity contribution in [2.45, 2.75) is 19.9 Å². The highest BCUT2D eigenvalue weighted by atomic mass is 35.5. The lowest BCUT2D eigenvalue weighted by Gasteiger charge is -2.09. The normalized spacial score (nSPS) is 12.2. The summed E-state index contributed by atoms with van der Waals surface area (Å²) >= 11 is 6.13. The van der Waals surface area contributed by atoms with E-state index >= 15 is 0 Å². The number of hydrogen-bond acceptors (Lipinski definition) is 4. The maximum atomic E-state index is 14.5. The van der Waals surface area contributed by atoms with Gasteiger partial charge in [0.25, 0.3) is 11.8 Å². The molecular weight excluding hydrogens is 481 g/mol. The number of aromatic nitrogens is 2. The van der Waals surface area contributed by atoms with E-state index in [9.17, 15) is 14.0 Å². The Hall–Kier alpha value is -4.30. The van der Waals surface area contributed by atoms with Crippen molar-refractivity contribution >= 4 is 51.9 Å². The molecule has 4 N–H and O–H groups in total. The van der Waals surface area contributed by atoms with E-state index in [4.69, 9.17) is 17.3 Å². The molecule has 2 amide bonds. The molecule has 2 aromatic carbocycles. The number of nitrogens with one attached hydrogen (secondary N) is 2. The first-order valence-corrected chi connectivity index (χ1v) is 11.4. The van der Waals surface area contributed by atoms with Crippen LogP contribution in [0.5, 0.6) is 0 Å². The number of fused-ring (bicyclic) bond motifs is 2. The number of hydrogen-bond donors (Lipinski definition) is 3. The lowest BCUT2D eigenvalue weighted by Crippen LogP contribution is -2.24. The van der Waals surface area contributed by atoms with Gasteiger partial charge in [-0.15, -0.1) is 0 Å². The van der Waals surface area contributed by atoms with E-state index in [0.29, 0.717) is 44.7 Å². The number of amides is 2. The van der Waals surface area contributed by atoms with E-state index in [1.54, 1.807) is 49.5 Å². The van der Waals surface area contributed by atoms with Crippen LogP contribution >= 0.6 is 11.6 Å². The zero-order valence-corrected chi connectivity index (χ0v) is 20.2. The molecule has 0 saturated carbocycles. The van der Waals surface area contributed by atoms with Crippen LogP contribution in [0.2, 0.25) is 5.02 Å². The van der Waals surface area contributed by atoms with Gasteiger partial charge in [-0.05, 0) is 55.6 Å². The maximum Gasteiger partial charge on any atom is 0.267 e. The summed E-state index contributed by atoms with van der Waals surface area (Å²) in [4.78, 5) is 35.4. The number of allylic oxidation sites excluding steroid dienone is 2. The second kappa shape index (κ2) is 10.5. The summed E-state index contributed by atoms with van der Waals surface area (Å²) in [6.07, 6.45) is 5.30. The van der Waals surface area contributed by atoms with Crippen molar-refractivity contribution in [2.75, 3.05) is 0 Å². The number of H-pyrrole nitrogens is 1. The molecule has 0 unspecified atom stereocenters. The highest BCUT2D eigenvalue weighted by molar-refractivity contribution is 6.35. The number of carbonyl (C=O) groups excluding carboxylic acids is 2. The number of carbonyl (C=O) groups is 2. The van der Waals surface area contributed by atoms with E-state index in [1.165, 1.54) is 6.07 Å². The highest BCUT2D eigenvalue weighted by Gasteiger charge is 2.13. The van der Waals surface area contributed by atoms with Gasteiger partial charge in [0, 0.05) is 52.3 Å². The van der Waals surface area contributed by atoms with Crippen molar-refractivity contribution in [2.24, 2.45) is 10.7 Å². The quantitative estimate of drug-likeness (QED) is 0.179. The number of halogens is 2. The SMILES string of the molecule is C=N/C(=C\C(=C/C)C(=O)NCc1cc2c(Cl)c[nH]c2cc1F)Cc1ccc2nc(C(N)=O)ccc2c1. The molecule has 9 heteroatoms. The third-order valence-corrected chi connectivity index (χ3v) is 6.04. The monoisotopic (exact) mass is 503 g/mol. The predicted molar refractivity (Wildman–Crippen MR) is 140 cm³/mol. The lowest BCUT2D eigenvalue weighted by atomic mass is 10.0. The molecule has 4 aromatic rings. The molecule has 0 aliphatic heterocycles. The van der Waals surface area contributed by atoms with Gasteiger partial charge in [-0.3, -0.25) is 14.6 Å². The fraction of sp³-hybridized carbons (Fsp3) is 0.111. The number of rotatable bonds is 8. The molecule has 2 aromatic heterocycles. The summed E-state index contributed by atoms with van der Waals surface area (Å²) in [6.45, 7) is 5.36. The Labute approximate surface area is 211 Å². The van der Waals surface area contributed by atoms with E-state index in [0.717, 1.165) is 10.9 Å². The zero-order chi connectivity index (χ0) is 25.8. The average molecular weight is 504 g/mol. The van der Waals surface area contributed by atoms with E-state index in [-0.39, 0.29) is 18.1 Å². The largest absolute Gasteiger partial charge is 0.364 e. The number of nitrogens with two attached hydrogens (primary N) is 1. The van der Waals surface area contributed by atoms with Crippen LogP contribution in [0.25, 0.3) is 21.8 Å². The van der Waals surface area contributed by atoms with E-state index in [1.807, 2.05) is 12.1 Å². The Morgan fingerprint density at radius 3 is 2.78 bits per heavy atom. The Kier molecular flexibility index (Phi) is 7.26. The third-order valence-electron chi connectivity index (χ3n) is 5.73. The van der Waals surface area contributed by atoms with Gasteiger partial charge in [0.05, 0.1) is 10.5 Å². The Bertz CT molecular complexity index is 1570. The first kappa shape index (κ1) is 24.8. The van der Waals surface area contributed by atoms with Crippen molar-refractivity contribution in [3.05, 3.63) is 99.7 Å². The second-order valence-corrected chi connectivity index (χ2v) is 8.52. The highest BCUT2D eigenvalue weighted by Crippen LogP contribution is 2.26. The molecule has 0 radical (unpaired) electrons. The summed E-state index contributed by atoms with van der Waals surface area (Å²) in [5.74, 6) is -1.41. The minimum atomic E-state index is -0.587. The van der Waals surface area contributed by atoms with Crippen LogP contribution in [0.15, 0.2) is 77.1 Å². The molecule has 0 aliphatic carbocycles. The maximum absolute atomic E-state index is 14.5. The molecule has 4 rings (SSSR count). The Morgan fingerprint density at radius 2 is 2.06 bits per heavy atom. The second-order valence-electron chi connectivity index (χ2n) is 8.11. The van der Waals surface area contributed by atoms with E-state index < -0.39 is 11.7 Å². The lowest BCUT2D eigenvalue weighted by molar-refractivity contribution is -0.117. The van der Waals surface area contributed by atoms with Gasteiger partial charge >= 0.3 is 0 Å². The predicted octanol–water partition coefficient (Wildman–Crippen LogP) is 5.00. The third kappa shape index (κ3) is 5.34. The summed E-state index contributed by atoms with van der Waals surface area (Å²) < 4.78 is 14.5. The Balaban J connectivity index is 1.48. The van der Waals surface area contributed by atoms with E-state index in [2.05, 4.69) is 27.0 Å². The number of aromatic amines is 1. The number of benzene rings is 2. The van der Waals surface area contributed by atoms with Crippen molar-refractivity contribution in [3.8, 4) is 0 Å². The first-order chi connectivity index (χ1) is 17.3. The average Bonchev–Trinajstić information content (AvgIpc) is 3.23. The number of pyridine rings is 1. The fourth-order valence-corrected chi connectivity index (χ4v) is 4.02. The molecular formula is C27H23ClFN5O2. The summed E-state index contributed by atoms with van der Waals surface area (Å²) in [5, 5.41) is 4.75. The van der Waals surface area contributed by atoms with Crippen LogP contribution in [-0.2, 0) is 17.8 Å². The van der Waals surface area contributed by atoms with Crippen LogP contribution in [0.4, 0.5) is 4.39 Å². The van der Waals surface area contributed by atoms with Gasteiger partial charge in [-0.25, -0.2) is 9.37 Å². The first-order valence-electron chi connectivity index (χ1n) is 11.1. The summed E-state index contributed by atoms with van der Waals surface area (Å²) in [7, 11) is 0. The minimum absolute atomic E-state index is 0.00485. The van der Waals surface area contributed by atoms with Crippen LogP contribution in [0.1, 0.15) is 28.5 Å². The van der Waals surface area contributed by atoms with Crippen molar-refractivity contribution in [3.63, 3.8) is 0 Å². The number of aliphatic imine (C=N–C) groups is 1. The van der Waals surface area contributed by atoms with Crippen molar-refractivity contribution < 1.29 is 14.0 Å². The molecule has 0 atom stereocenters. The van der Waals surface area contributed by atoms with Crippen LogP contribution in [0, 0.1) is 5.82 Å². The smallest absolute Gasteiger partial charge is 0.267 e. The van der Waals surface area contributed by atoms with Crippen LogP contribution < -0.4 is 11.1 Å². The molecule has 0 aliphatic rings. The summed E-state index contributed by atoms with van der Waals surface area (Å²) in [6, 6.07) is 11.9. The molecule has 0 fully saturated rings. The number of primary amides is 1. The Morgan fingerprint density at radius 1 is 1.25 bits per heavy atom. The molecule has 182 valence electrons. The van der Waals surface area contributed by atoms with Crippen molar-refractivity contribution in [1.29, 1.82) is 0 Å². The molecule has 0 bridgehead atoms. The fourth-order valence-electron chi connectivity index (χ4n) is 3.81. The zero-order valence-electron chi connectivity index (χ0n) is 19.4. The van der Waals surface area contributed by atoms with Gasteiger partial charge in [0.2, 0.25) is 0 Å². The molecule has 7 nitrogen and oxygen atoms in total. The number of nitrogens with zero attached hydrogens (tertiary/aromatic N) is 2. The standard InChI is InChI=1S/C27H23ClFN5O2/c1-3-16(27(36)33-13-18-11-20-21(28)14-32-25(20)12-22(18)29)10-19(31-2)9-15-4-6-23-17(8-15)5-7-24(34-23)26(30)35/h3-8,10-12,14,32H,2,9,13H2,1H3,(H2,30,35)(H,33,36)/b16-3+,19-10-. The minimum Gasteiger partial charge on any atom is -0.364 e. The molecule has 2 heterocycles. The topological polar surface area (TPSA) is 113 Å². The van der Waals surface area contributed by atoms with Gasteiger partial charge in [0.1, 0.15) is 11.5 Å². The van der Waals surface area contributed by atoms with Crippen molar-refractivity contribution in [1.82, 2.24) is 15.3 Å². The van der Waals surface area contributed by atoms with Gasteiger partial charge in [-0.2, -0.15) is 0 Å². The summed E-state index contributed by atoms with van der Waals surface area (Å²) in [5.41, 5.74) is 8.91. The van der Waals surface area contributed by atoms with Crippen LogP contribution in [0.3, 0.4) is 0 Å². The molecule has 0 spiro atoms. The molecule has 0 saturated heterocycles. The molecule has 36 heavy (non-hydrogen) atoms. The van der Waals surface area contributed by atoms with Crippen LogP contribution in [-0.4, -0.2) is 28.5 Å². The van der Waals surface area contributed by atoms with Gasteiger partial charge < -0.3 is 16.0 Å². The van der Waals surface area contributed by atoms with Gasteiger partial charge in [-0.1, -0.05) is 29.8 Å².